The summed E-state index contributed by atoms with van der Waals surface area (Å²) in [7, 11) is 0. The number of para-hydroxylation sites is 1. The fourth-order valence-electron chi connectivity index (χ4n) is 1.79. The molecule has 0 saturated heterocycles. The minimum atomic E-state index is -0.0881. The Bertz CT molecular complexity index is 401. The molecule has 1 heterocycles. The average molecular weight is 217 g/mol. The van der Waals surface area contributed by atoms with Gasteiger partial charge in [-0.05, 0) is 12.1 Å². The molecular weight excluding hydrogens is 202 g/mol. The molecule has 0 fully saturated rings. The number of ketones is 1. The second-order valence-electron chi connectivity index (χ2n) is 3.82. The standard InChI is InChI=1S/C13H15NO2/c1-2-7-14-8-10-9-16-12-6-4-3-5-11(12)13(10)15/h2-6,10,14H,1,7-9H2/t10-/m1/s1. The molecule has 84 valence electrons. The first-order valence-electron chi connectivity index (χ1n) is 5.40. The lowest BCUT2D eigenvalue weighted by molar-refractivity contribution is 0.0831. The molecule has 1 aliphatic heterocycles. The van der Waals surface area contributed by atoms with Crippen molar-refractivity contribution in [1.82, 2.24) is 5.32 Å². The number of hydrogen-bond donors (Lipinski definition) is 1. The maximum atomic E-state index is 12.1. The highest BCUT2D eigenvalue weighted by molar-refractivity contribution is 6.01. The van der Waals surface area contributed by atoms with Gasteiger partial charge >= 0.3 is 0 Å². The topological polar surface area (TPSA) is 38.3 Å². The van der Waals surface area contributed by atoms with Crippen LogP contribution < -0.4 is 10.1 Å². The predicted molar refractivity (Wildman–Crippen MR) is 62.8 cm³/mol. The van der Waals surface area contributed by atoms with Gasteiger partial charge in [-0.15, -0.1) is 6.58 Å². The number of benzene rings is 1. The van der Waals surface area contributed by atoms with E-state index in [9.17, 15) is 4.79 Å². The van der Waals surface area contributed by atoms with E-state index in [0.717, 1.165) is 0 Å². The summed E-state index contributed by atoms with van der Waals surface area (Å²) in [6, 6.07) is 7.39. The second kappa shape index (κ2) is 4.94. The minimum Gasteiger partial charge on any atom is -0.492 e. The number of hydrogen-bond acceptors (Lipinski definition) is 3. The lowest BCUT2D eigenvalue weighted by atomic mass is 9.95. The lowest BCUT2D eigenvalue weighted by Gasteiger charge is -2.23. The summed E-state index contributed by atoms with van der Waals surface area (Å²) >= 11 is 0. The number of rotatable bonds is 4. The van der Waals surface area contributed by atoms with Gasteiger partial charge in [0, 0.05) is 13.1 Å². The molecule has 0 unspecified atom stereocenters. The molecule has 0 bridgehead atoms. The third-order valence-electron chi connectivity index (χ3n) is 2.64. The van der Waals surface area contributed by atoms with Gasteiger partial charge in [0.1, 0.15) is 5.75 Å². The molecule has 1 atom stereocenters. The smallest absolute Gasteiger partial charge is 0.174 e. The summed E-state index contributed by atoms with van der Waals surface area (Å²) < 4.78 is 5.55. The third-order valence-corrected chi connectivity index (χ3v) is 2.64. The van der Waals surface area contributed by atoms with Crippen LogP contribution in [0.3, 0.4) is 0 Å². The van der Waals surface area contributed by atoms with E-state index in [1.54, 1.807) is 6.08 Å². The number of nitrogens with one attached hydrogen (secondary N) is 1. The highest BCUT2D eigenvalue weighted by Crippen LogP contribution is 2.26. The largest absolute Gasteiger partial charge is 0.492 e. The van der Waals surface area contributed by atoms with Crippen LogP contribution in [0.2, 0.25) is 0 Å². The van der Waals surface area contributed by atoms with E-state index in [1.165, 1.54) is 0 Å². The van der Waals surface area contributed by atoms with Gasteiger partial charge in [-0.2, -0.15) is 0 Å². The van der Waals surface area contributed by atoms with Gasteiger partial charge in [0.25, 0.3) is 0 Å². The molecular formula is C13H15NO2. The number of carbonyl (C=O) groups is 1. The molecule has 1 aromatic rings. The molecule has 0 amide bonds. The highest BCUT2D eigenvalue weighted by Gasteiger charge is 2.27. The first-order chi connectivity index (χ1) is 7.83. The first kappa shape index (κ1) is 10.9. The van der Waals surface area contributed by atoms with E-state index in [2.05, 4.69) is 11.9 Å². The summed E-state index contributed by atoms with van der Waals surface area (Å²) in [4.78, 5) is 12.1. The number of Topliss-reactive ketones (excluding diaryl/α,β-unsaturated/α-hetero) is 1. The van der Waals surface area contributed by atoms with E-state index in [-0.39, 0.29) is 11.7 Å². The van der Waals surface area contributed by atoms with Crippen LogP contribution in [0.4, 0.5) is 0 Å². The maximum Gasteiger partial charge on any atom is 0.174 e. The Labute approximate surface area is 95.1 Å². The van der Waals surface area contributed by atoms with E-state index in [4.69, 9.17) is 4.74 Å². The van der Waals surface area contributed by atoms with Gasteiger partial charge in [0.05, 0.1) is 18.1 Å². The van der Waals surface area contributed by atoms with Crippen LogP contribution in [0.1, 0.15) is 10.4 Å². The normalized spacial score (nSPS) is 18.8. The Balaban J connectivity index is 2.06. The van der Waals surface area contributed by atoms with Gasteiger partial charge < -0.3 is 10.1 Å². The van der Waals surface area contributed by atoms with Crippen LogP contribution in [0.5, 0.6) is 5.75 Å². The summed E-state index contributed by atoms with van der Waals surface area (Å²) in [5.74, 6) is 0.778. The molecule has 1 N–H and O–H groups in total. The Morgan fingerprint density at radius 3 is 3.12 bits per heavy atom. The Morgan fingerprint density at radius 1 is 1.50 bits per heavy atom. The maximum absolute atomic E-state index is 12.1. The Hall–Kier alpha value is -1.61. The summed E-state index contributed by atoms with van der Waals surface area (Å²) in [5.41, 5.74) is 0.694. The zero-order valence-electron chi connectivity index (χ0n) is 9.11. The molecule has 1 aromatic carbocycles. The third kappa shape index (κ3) is 2.14. The van der Waals surface area contributed by atoms with Crippen molar-refractivity contribution in [3.8, 4) is 5.75 Å². The quantitative estimate of drug-likeness (QED) is 0.615. The molecule has 0 radical (unpaired) electrons. The van der Waals surface area contributed by atoms with Crippen molar-refractivity contribution in [1.29, 1.82) is 0 Å². The molecule has 0 aromatic heterocycles. The minimum absolute atomic E-state index is 0.0881. The predicted octanol–water partition coefficient (Wildman–Crippen LogP) is 1.65. The molecule has 0 spiro atoms. The molecule has 3 nitrogen and oxygen atoms in total. The second-order valence-corrected chi connectivity index (χ2v) is 3.82. The Morgan fingerprint density at radius 2 is 2.31 bits per heavy atom. The van der Waals surface area contributed by atoms with Crippen molar-refractivity contribution in [2.24, 2.45) is 5.92 Å². The lowest BCUT2D eigenvalue weighted by Crippen LogP contribution is -2.36. The molecule has 2 rings (SSSR count). The van der Waals surface area contributed by atoms with E-state index >= 15 is 0 Å². The zero-order chi connectivity index (χ0) is 11.4. The fraction of sp³-hybridized carbons (Fsp3) is 0.308. The van der Waals surface area contributed by atoms with Crippen molar-refractivity contribution >= 4 is 5.78 Å². The van der Waals surface area contributed by atoms with E-state index < -0.39 is 0 Å². The van der Waals surface area contributed by atoms with Crippen LogP contribution in [0.25, 0.3) is 0 Å². The van der Waals surface area contributed by atoms with Crippen molar-refractivity contribution in [2.75, 3.05) is 19.7 Å². The van der Waals surface area contributed by atoms with E-state index in [0.29, 0.717) is 31.0 Å². The Kier molecular flexibility index (Phi) is 3.37. The zero-order valence-corrected chi connectivity index (χ0v) is 9.11. The van der Waals surface area contributed by atoms with Crippen LogP contribution in [-0.4, -0.2) is 25.5 Å². The molecule has 3 heteroatoms. The van der Waals surface area contributed by atoms with Crippen LogP contribution in [-0.2, 0) is 0 Å². The van der Waals surface area contributed by atoms with Crippen LogP contribution >= 0.6 is 0 Å². The van der Waals surface area contributed by atoms with Gasteiger partial charge in [0.15, 0.2) is 5.78 Å². The number of fused-ring (bicyclic) bond motifs is 1. The highest BCUT2D eigenvalue weighted by atomic mass is 16.5. The summed E-state index contributed by atoms with van der Waals surface area (Å²) in [6.07, 6.45) is 1.78. The molecule has 0 aliphatic carbocycles. The van der Waals surface area contributed by atoms with Gasteiger partial charge in [-0.1, -0.05) is 18.2 Å². The fourth-order valence-corrected chi connectivity index (χ4v) is 1.79. The first-order valence-corrected chi connectivity index (χ1v) is 5.40. The van der Waals surface area contributed by atoms with Gasteiger partial charge in [-0.3, -0.25) is 4.79 Å². The molecule has 1 aliphatic rings. The number of carbonyl (C=O) groups excluding carboxylic acids is 1. The van der Waals surface area contributed by atoms with Crippen LogP contribution in [0, 0.1) is 5.92 Å². The van der Waals surface area contributed by atoms with Gasteiger partial charge in [-0.25, -0.2) is 0 Å². The SMILES string of the molecule is C=CCNC[C@@H]1COc2ccccc2C1=O. The molecule has 16 heavy (non-hydrogen) atoms. The van der Waals surface area contributed by atoms with Crippen molar-refractivity contribution in [3.63, 3.8) is 0 Å². The van der Waals surface area contributed by atoms with Crippen molar-refractivity contribution in [3.05, 3.63) is 42.5 Å². The molecule has 0 saturated carbocycles. The summed E-state index contributed by atoms with van der Waals surface area (Å²) in [6.45, 7) is 5.43. The summed E-state index contributed by atoms with van der Waals surface area (Å²) in [5, 5.41) is 3.15. The van der Waals surface area contributed by atoms with Crippen molar-refractivity contribution in [2.45, 2.75) is 0 Å². The van der Waals surface area contributed by atoms with Crippen molar-refractivity contribution < 1.29 is 9.53 Å². The van der Waals surface area contributed by atoms with Gasteiger partial charge in [0.2, 0.25) is 0 Å². The average Bonchev–Trinajstić information content (AvgIpc) is 2.33. The van der Waals surface area contributed by atoms with E-state index in [1.807, 2.05) is 24.3 Å². The monoisotopic (exact) mass is 217 g/mol. The van der Waals surface area contributed by atoms with Crippen LogP contribution in [0.15, 0.2) is 36.9 Å². The number of ether oxygens (including phenoxy) is 1.